The van der Waals surface area contributed by atoms with E-state index < -0.39 is 12.1 Å². The van der Waals surface area contributed by atoms with Crippen molar-refractivity contribution in [1.29, 1.82) is 0 Å². The summed E-state index contributed by atoms with van der Waals surface area (Å²) < 4.78 is 5.34. The van der Waals surface area contributed by atoms with Gasteiger partial charge in [0.15, 0.2) is 6.10 Å². The van der Waals surface area contributed by atoms with Gasteiger partial charge in [-0.1, -0.05) is 6.92 Å². The lowest BCUT2D eigenvalue weighted by atomic mass is 10.3. The zero-order chi connectivity index (χ0) is 13.5. The van der Waals surface area contributed by atoms with Gasteiger partial charge in [-0.25, -0.2) is 9.78 Å². The first-order valence-electron chi connectivity index (χ1n) is 5.68. The number of ether oxygens (including phenoxy) is 1. The average Bonchev–Trinajstić information content (AvgIpc) is 2.36. The molecule has 0 fully saturated rings. The van der Waals surface area contributed by atoms with Gasteiger partial charge in [0.25, 0.3) is 5.91 Å². The normalized spacial score (nSPS) is 11.7. The van der Waals surface area contributed by atoms with Crippen LogP contribution in [-0.4, -0.2) is 34.6 Å². The van der Waals surface area contributed by atoms with E-state index in [1.165, 1.54) is 18.3 Å². The highest BCUT2D eigenvalue weighted by molar-refractivity contribution is 5.85. The molecule has 0 radical (unpaired) electrons. The lowest BCUT2D eigenvalue weighted by molar-refractivity contribution is -0.127. The fraction of sp³-hybridized carbons (Fsp3) is 0.417. The Hall–Kier alpha value is -2.11. The highest BCUT2D eigenvalue weighted by Gasteiger charge is 2.14. The number of nitrogens with zero attached hydrogens (tertiary/aromatic N) is 1. The molecule has 18 heavy (non-hydrogen) atoms. The third-order valence-corrected chi connectivity index (χ3v) is 2.19. The lowest BCUT2D eigenvalue weighted by Crippen LogP contribution is -2.36. The molecule has 0 bridgehead atoms. The predicted octanol–water partition coefficient (Wildman–Crippen LogP) is 1.07. The van der Waals surface area contributed by atoms with Crippen molar-refractivity contribution in [2.75, 3.05) is 6.54 Å². The Morgan fingerprint density at radius 2 is 2.22 bits per heavy atom. The molecule has 0 saturated carbocycles. The topological polar surface area (TPSA) is 88.5 Å². The van der Waals surface area contributed by atoms with E-state index in [1.807, 2.05) is 6.92 Å². The third kappa shape index (κ3) is 4.04. The predicted molar refractivity (Wildman–Crippen MR) is 64.6 cm³/mol. The second-order valence-electron chi connectivity index (χ2n) is 3.74. The van der Waals surface area contributed by atoms with E-state index in [0.29, 0.717) is 12.3 Å². The van der Waals surface area contributed by atoms with Crippen molar-refractivity contribution in [3.8, 4) is 5.75 Å². The summed E-state index contributed by atoms with van der Waals surface area (Å²) in [5, 5.41) is 11.4. The van der Waals surface area contributed by atoms with Gasteiger partial charge < -0.3 is 15.2 Å². The first-order valence-corrected chi connectivity index (χ1v) is 5.68. The van der Waals surface area contributed by atoms with E-state index in [9.17, 15) is 9.59 Å². The molecular formula is C12H16N2O4. The fourth-order valence-electron chi connectivity index (χ4n) is 1.23. The number of rotatable bonds is 6. The maximum atomic E-state index is 11.5. The van der Waals surface area contributed by atoms with Crippen molar-refractivity contribution in [2.24, 2.45) is 0 Å². The van der Waals surface area contributed by atoms with Crippen molar-refractivity contribution in [3.05, 3.63) is 24.0 Å². The largest absolute Gasteiger partial charge is 0.479 e. The molecule has 0 saturated heterocycles. The summed E-state index contributed by atoms with van der Waals surface area (Å²) in [4.78, 5) is 25.8. The molecule has 6 heteroatoms. The van der Waals surface area contributed by atoms with Gasteiger partial charge >= 0.3 is 5.97 Å². The summed E-state index contributed by atoms with van der Waals surface area (Å²) in [5.74, 6) is -0.950. The number of carboxylic acid groups (broad SMARTS) is 1. The van der Waals surface area contributed by atoms with Gasteiger partial charge in [0, 0.05) is 6.54 Å². The van der Waals surface area contributed by atoms with Gasteiger partial charge in [0.1, 0.15) is 11.4 Å². The van der Waals surface area contributed by atoms with Crippen molar-refractivity contribution in [3.63, 3.8) is 0 Å². The number of aromatic carboxylic acids is 1. The van der Waals surface area contributed by atoms with E-state index in [4.69, 9.17) is 9.84 Å². The van der Waals surface area contributed by atoms with Crippen LogP contribution >= 0.6 is 0 Å². The molecular weight excluding hydrogens is 236 g/mol. The molecule has 0 aromatic carbocycles. The van der Waals surface area contributed by atoms with E-state index in [1.54, 1.807) is 6.92 Å². The van der Waals surface area contributed by atoms with Crippen LogP contribution in [0.15, 0.2) is 18.3 Å². The molecule has 1 heterocycles. The van der Waals surface area contributed by atoms with E-state index in [2.05, 4.69) is 10.3 Å². The Bertz CT molecular complexity index is 417. The van der Waals surface area contributed by atoms with E-state index in [-0.39, 0.29) is 11.6 Å². The number of nitrogens with one attached hydrogen (secondary N) is 1. The Kier molecular flexibility index (Phi) is 5.10. The molecule has 0 aliphatic heterocycles. The van der Waals surface area contributed by atoms with Crippen LogP contribution in [0.25, 0.3) is 0 Å². The molecule has 98 valence electrons. The first kappa shape index (κ1) is 14.0. The zero-order valence-electron chi connectivity index (χ0n) is 10.3. The lowest BCUT2D eigenvalue weighted by Gasteiger charge is -2.14. The monoisotopic (exact) mass is 252 g/mol. The summed E-state index contributed by atoms with van der Waals surface area (Å²) in [5.41, 5.74) is -0.0644. The maximum absolute atomic E-state index is 11.5. The number of pyridine rings is 1. The Labute approximate surface area is 105 Å². The van der Waals surface area contributed by atoms with Crippen LogP contribution < -0.4 is 10.1 Å². The third-order valence-electron chi connectivity index (χ3n) is 2.19. The molecule has 2 N–H and O–H groups in total. The summed E-state index contributed by atoms with van der Waals surface area (Å²) in [7, 11) is 0. The van der Waals surface area contributed by atoms with Crippen LogP contribution in [0.3, 0.4) is 0 Å². The zero-order valence-corrected chi connectivity index (χ0v) is 10.3. The second kappa shape index (κ2) is 6.58. The summed E-state index contributed by atoms with van der Waals surface area (Å²) in [6.45, 7) is 4.18. The van der Waals surface area contributed by atoms with Crippen molar-refractivity contribution in [1.82, 2.24) is 10.3 Å². The number of carbonyl (C=O) groups is 2. The quantitative estimate of drug-likeness (QED) is 0.790. The van der Waals surface area contributed by atoms with Crippen LogP contribution in [0.4, 0.5) is 0 Å². The van der Waals surface area contributed by atoms with E-state index in [0.717, 1.165) is 6.42 Å². The van der Waals surface area contributed by atoms with Crippen LogP contribution in [0, 0.1) is 0 Å². The first-order chi connectivity index (χ1) is 8.54. The van der Waals surface area contributed by atoms with Gasteiger partial charge in [0.05, 0.1) is 6.20 Å². The number of carbonyl (C=O) groups excluding carboxylic acids is 1. The SMILES string of the molecule is CCCNC(=O)C(C)Oc1ccc(C(=O)O)nc1. The summed E-state index contributed by atoms with van der Waals surface area (Å²) in [6, 6.07) is 2.80. The number of carboxylic acids is 1. The minimum absolute atomic E-state index is 0.0644. The number of hydrogen-bond acceptors (Lipinski definition) is 4. The van der Waals surface area contributed by atoms with Crippen LogP contribution in [-0.2, 0) is 4.79 Å². The fourth-order valence-corrected chi connectivity index (χ4v) is 1.23. The van der Waals surface area contributed by atoms with E-state index >= 15 is 0 Å². The van der Waals surface area contributed by atoms with Gasteiger partial charge in [0.2, 0.25) is 0 Å². The molecule has 1 atom stereocenters. The number of aromatic nitrogens is 1. The molecule has 1 unspecified atom stereocenters. The molecule has 6 nitrogen and oxygen atoms in total. The standard InChI is InChI=1S/C12H16N2O4/c1-3-6-13-11(15)8(2)18-9-4-5-10(12(16)17)14-7-9/h4-5,7-8H,3,6H2,1-2H3,(H,13,15)(H,16,17). The molecule has 1 aromatic heterocycles. The van der Waals surface area contributed by atoms with Crippen LogP contribution in [0.5, 0.6) is 5.75 Å². The summed E-state index contributed by atoms with van der Waals surface area (Å²) in [6.07, 6.45) is 1.49. The van der Waals surface area contributed by atoms with Crippen LogP contribution in [0.1, 0.15) is 30.8 Å². The highest BCUT2D eigenvalue weighted by Crippen LogP contribution is 2.11. The minimum Gasteiger partial charge on any atom is -0.479 e. The Balaban J connectivity index is 2.56. The molecule has 0 aliphatic rings. The van der Waals surface area contributed by atoms with Crippen molar-refractivity contribution < 1.29 is 19.4 Å². The minimum atomic E-state index is -1.10. The number of hydrogen-bond donors (Lipinski definition) is 2. The molecule has 1 aromatic rings. The molecule has 1 amide bonds. The average molecular weight is 252 g/mol. The van der Waals surface area contributed by atoms with Gasteiger partial charge in [-0.15, -0.1) is 0 Å². The molecule has 0 spiro atoms. The van der Waals surface area contributed by atoms with Crippen molar-refractivity contribution in [2.45, 2.75) is 26.4 Å². The van der Waals surface area contributed by atoms with Crippen LogP contribution in [0.2, 0.25) is 0 Å². The van der Waals surface area contributed by atoms with Crippen molar-refractivity contribution >= 4 is 11.9 Å². The highest BCUT2D eigenvalue weighted by atomic mass is 16.5. The molecule has 0 aliphatic carbocycles. The number of amides is 1. The van der Waals surface area contributed by atoms with Gasteiger partial charge in [-0.05, 0) is 25.5 Å². The molecule has 1 rings (SSSR count). The second-order valence-corrected chi connectivity index (χ2v) is 3.74. The Morgan fingerprint density at radius 1 is 1.50 bits per heavy atom. The smallest absolute Gasteiger partial charge is 0.354 e. The summed E-state index contributed by atoms with van der Waals surface area (Å²) >= 11 is 0. The van der Waals surface area contributed by atoms with Gasteiger partial charge in [-0.2, -0.15) is 0 Å². The van der Waals surface area contributed by atoms with Gasteiger partial charge in [-0.3, -0.25) is 4.79 Å². The Morgan fingerprint density at radius 3 is 2.72 bits per heavy atom. The maximum Gasteiger partial charge on any atom is 0.354 e.